The Hall–Kier alpha value is -2.10. The molecular weight excluding hydrogens is 360 g/mol. The van der Waals surface area contributed by atoms with Gasteiger partial charge in [-0.1, -0.05) is 31.6 Å². The van der Waals surface area contributed by atoms with Crippen LogP contribution in [0.1, 0.15) is 43.0 Å². The molecule has 0 aliphatic carbocycles. The maximum absolute atomic E-state index is 11.8. The third-order valence-corrected chi connectivity index (χ3v) is 4.27. The van der Waals surface area contributed by atoms with E-state index in [9.17, 15) is 9.59 Å². The van der Waals surface area contributed by atoms with Crippen molar-refractivity contribution in [1.82, 2.24) is 0 Å². The minimum Gasteiger partial charge on any atom is -0.481 e. The van der Waals surface area contributed by atoms with Crippen LogP contribution in [0.15, 0.2) is 12.1 Å². The molecule has 1 rings (SSSR count). The zero-order valence-electron chi connectivity index (χ0n) is 17.4. The summed E-state index contributed by atoms with van der Waals surface area (Å²) in [6, 6.07) is 3.71. The Bertz CT molecular complexity index is 758. The van der Waals surface area contributed by atoms with Gasteiger partial charge < -0.3 is 14.6 Å². The van der Waals surface area contributed by atoms with Crippen LogP contribution in [-0.4, -0.2) is 37.3 Å². The molecule has 0 aliphatic rings. The lowest BCUT2D eigenvalue weighted by Gasteiger charge is -2.19. The van der Waals surface area contributed by atoms with E-state index in [1.807, 2.05) is 13.0 Å². The Morgan fingerprint density at radius 1 is 1.19 bits per heavy atom. The number of rotatable bonds is 6. The summed E-state index contributed by atoms with van der Waals surface area (Å²) >= 11 is 0. The highest BCUT2D eigenvalue weighted by molar-refractivity contribution is 6.83. The molecule has 0 spiro atoms. The largest absolute Gasteiger partial charge is 0.481 e. The normalized spacial score (nSPS) is 11.5. The summed E-state index contributed by atoms with van der Waals surface area (Å²) in [6.07, 6.45) is -0.0760. The number of hydrogen-bond donors (Lipinski definition) is 1. The molecule has 0 amide bonds. The van der Waals surface area contributed by atoms with E-state index >= 15 is 0 Å². The van der Waals surface area contributed by atoms with Crippen molar-refractivity contribution >= 4 is 20.0 Å². The summed E-state index contributed by atoms with van der Waals surface area (Å²) < 4.78 is 10.7. The topological polar surface area (TPSA) is 72.8 Å². The number of benzene rings is 1. The monoisotopic (exact) mass is 390 g/mol. The maximum Gasteiger partial charge on any atom is 0.332 e. The zero-order valence-corrected chi connectivity index (χ0v) is 18.4. The van der Waals surface area contributed by atoms with Crippen LogP contribution in [0.3, 0.4) is 0 Å². The molecule has 0 unspecified atom stereocenters. The number of aliphatic carboxylic acids is 1. The fourth-order valence-corrected chi connectivity index (χ4v) is 2.79. The highest BCUT2D eigenvalue weighted by atomic mass is 28.3. The molecule has 1 N–H and O–H groups in total. The van der Waals surface area contributed by atoms with Crippen LogP contribution in [0.2, 0.25) is 19.6 Å². The van der Waals surface area contributed by atoms with Gasteiger partial charge in [0, 0.05) is 5.56 Å². The first-order valence-electron chi connectivity index (χ1n) is 8.94. The van der Waals surface area contributed by atoms with Crippen molar-refractivity contribution in [3.63, 3.8) is 0 Å². The summed E-state index contributed by atoms with van der Waals surface area (Å²) in [5, 5.41) is 9.17. The molecular formula is C21H30O5Si. The molecule has 0 aliphatic heterocycles. The third-order valence-electron chi connectivity index (χ3n) is 3.40. The lowest BCUT2D eigenvalue weighted by atomic mass is 9.97. The highest BCUT2D eigenvalue weighted by Gasteiger charge is 2.16. The van der Waals surface area contributed by atoms with Gasteiger partial charge >= 0.3 is 11.9 Å². The van der Waals surface area contributed by atoms with Gasteiger partial charge in [0.15, 0.2) is 0 Å². The van der Waals surface area contributed by atoms with Crippen molar-refractivity contribution in [2.45, 2.75) is 66.0 Å². The van der Waals surface area contributed by atoms with Gasteiger partial charge in [-0.05, 0) is 50.5 Å². The molecule has 0 fully saturated rings. The minimum absolute atomic E-state index is 0.0760. The van der Waals surface area contributed by atoms with Crippen LogP contribution in [-0.2, 0) is 32.1 Å². The number of esters is 1. The standard InChI is InChI=1S/C21H30O5Si/c1-15-17(8-9-27(5,6)7)10-16(11-18(15)12-19(22)23)13-25-14-20(24)26-21(2,3)4/h10-11H,12-14H2,1-7H3,(H,22,23). The summed E-state index contributed by atoms with van der Waals surface area (Å²) in [6.45, 7) is 13.8. The molecule has 0 heterocycles. The van der Waals surface area contributed by atoms with E-state index in [2.05, 4.69) is 31.1 Å². The predicted octanol–water partition coefficient (Wildman–Crippen LogP) is 3.71. The SMILES string of the molecule is Cc1c(C#C[Si](C)(C)C)cc(COCC(=O)OC(C)(C)C)cc1CC(=O)O. The maximum atomic E-state index is 11.8. The van der Waals surface area contributed by atoms with E-state index in [1.54, 1.807) is 26.8 Å². The quantitative estimate of drug-likeness (QED) is 0.455. The van der Waals surface area contributed by atoms with Crippen molar-refractivity contribution in [3.05, 3.63) is 34.4 Å². The van der Waals surface area contributed by atoms with Gasteiger partial charge in [0.25, 0.3) is 0 Å². The van der Waals surface area contributed by atoms with E-state index < -0.39 is 25.6 Å². The number of carboxylic acid groups (broad SMARTS) is 1. The Morgan fingerprint density at radius 2 is 1.81 bits per heavy atom. The number of ether oxygens (including phenoxy) is 2. The van der Waals surface area contributed by atoms with Crippen molar-refractivity contribution in [3.8, 4) is 11.5 Å². The zero-order chi connectivity index (χ0) is 20.8. The molecule has 0 aromatic heterocycles. The molecule has 6 heteroatoms. The molecule has 0 saturated heterocycles. The Labute approximate surface area is 163 Å². The second kappa shape index (κ2) is 9.20. The van der Waals surface area contributed by atoms with E-state index in [4.69, 9.17) is 14.6 Å². The first-order valence-corrected chi connectivity index (χ1v) is 12.4. The van der Waals surface area contributed by atoms with Crippen LogP contribution in [0, 0.1) is 18.4 Å². The van der Waals surface area contributed by atoms with Crippen molar-refractivity contribution < 1.29 is 24.2 Å². The summed E-state index contributed by atoms with van der Waals surface area (Å²) in [5.41, 5.74) is 5.94. The van der Waals surface area contributed by atoms with Gasteiger partial charge in [-0.15, -0.1) is 5.54 Å². The molecule has 148 valence electrons. The fraction of sp³-hybridized carbons (Fsp3) is 0.524. The summed E-state index contributed by atoms with van der Waals surface area (Å²) in [7, 11) is -1.56. The van der Waals surface area contributed by atoms with Crippen molar-refractivity contribution in [2.24, 2.45) is 0 Å². The van der Waals surface area contributed by atoms with Gasteiger partial charge in [0.2, 0.25) is 0 Å². The molecule has 0 bridgehead atoms. The Morgan fingerprint density at radius 3 is 2.33 bits per heavy atom. The van der Waals surface area contributed by atoms with Gasteiger partial charge in [0.05, 0.1) is 13.0 Å². The molecule has 27 heavy (non-hydrogen) atoms. The molecule has 0 atom stereocenters. The number of carbonyl (C=O) groups is 2. The Balaban J connectivity index is 3.00. The van der Waals surface area contributed by atoms with Gasteiger partial charge in [-0.2, -0.15) is 0 Å². The second-order valence-electron chi connectivity index (χ2n) is 8.58. The van der Waals surface area contributed by atoms with Crippen molar-refractivity contribution in [2.75, 3.05) is 6.61 Å². The Kier molecular flexibility index (Phi) is 7.82. The van der Waals surface area contributed by atoms with Crippen LogP contribution >= 0.6 is 0 Å². The van der Waals surface area contributed by atoms with Crippen LogP contribution < -0.4 is 0 Å². The van der Waals surface area contributed by atoms with E-state index in [-0.39, 0.29) is 19.6 Å². The van der Waals surface area contributed by atoms with Crippen LogP contribution in [0.5, 0.6) is 0 Å². The van der Waals surface area contributed by atoms with E-state index in [0.717, 1.165) is 16.7 Å². The number of carboxylic acids is 1. The lowest BCUT2D eigenvalue weighted by molar-refractivity contribution is -0.160. The lowest BCUT2D eigenvalue weighted by Crippen LogP contribution is -2.26. The number of hydrogen-bond acceptors (Lipinski definition) is 4. The van der Waals surface area contributed by atoms with Gasteiger partial charge in [-0.3, -0.25) is 4.79 Å². The molecule has 5 nitrogen and oxygen atoms in total. The minimum atomic E-state index is -1.56. The van der Waals surface area contributed by atoms with Gasteiger partial charge in [-0.25, -0.2) is 4.79 Å². The molecule has 0 radical (unpaired) electrons. The molecule has 1 aromatic rings. The fourth-order valence-electron chi connectivity index (χ4n) is 2.28. The average molecular weight is 391 g/mol. The van der Waals surface area contributed by atoms with E-state index in [0.29, 0.717) is 5.56 Å². The highest BCUT2D eigenvalue weighted by Crippen LogP contribution is 2.19. The van der Waals surface area contributed by atoms with Gasteiger partial charge in [0.1, 0.15) is 20.3 Å². The smallest absolute Gasteiger partial charge is 0.332 e. The third kappa shape index (κ3) is 9.41. The van der Waals surface area contributed by atoms with Crippen LogP contribution in [0.25, 0.3) is 0 Å². The first kappa shape index (κ1) is 22.9. The average Bonchev–Trinajstić information content (AvgIpc) is 2.45. The predicted molar refractivity (Wildman–Crippen MR) is 108 cm³/mol. The second-order valence-corrected chi connectivity index (χ2v) is 13.3. The number of carbonyl (C=O) groups excluding carboxylic acids is 1. The van der Waals surface area contributed by atoms with Crippen LogP contribution in [0.4, 0.5) is 0 Å². The summed E-state index contributed by atoms with van der Waals surface area (Å²) in [5.74, 6) is 1.88. The van der Waals surface area contributed by atoms with Crippen molar-refractivity contribution in [1.29, 1.82) is 0 Å². The van der Waals surface area contributed by atoms with E-state index in [1.165, 1.54) is 0 Å². The summed E-state index contributed by atoms with van der Waals surface area (Å²) in [4.78, 5) is 22.9. The first-order chi connectivity index (χ1) is 12.3. The molecule has 1 aromatic carbocycles. The molecule has 0 saturated carbocycles.